The van der Waals surface area contributed by atoms with Crippen LogP contribution in [0.3, 0.4) is 0 Å². The van der Waals surface area contributed by atoms with Crippen molar-refractivity contribution in [1.29, 1.82) is 0 Å². The van der Waals surface area contributed by atoms with Crippen LogP contribution in [0.2, 0.25) is 0 Å². The van der Waals surface area contributed by atoms with Gasteiger partial charge >= 0.3 is 5.22 Å². The second-order valence-electron chi connectivity index (χ2n) is 4.03. The number of fused-ring (bicyclic) bond motifs is 1. The predicted molar refractivity (Wildman–Crippen MR) is 66.9 cm³/mol. The SMILES string of the molecule is COC(C)CS(=O)(=O)c1nc2cc(N)ccc2o1. The number of oxazole rings is 1. The summed E-state index contributed by atoms with van der Waals surface area (Å²) in [6.45, 7) is 1.66. The molecular formula is C11H14N2O4S. The number of ether oxygens (including phenoxy) is 1. The molecule has 7 heteroatoms. The first-order valence-corrected chi connectivity index (χ1v) is 6.99. The highest BCUT2D eigenvalue weighted by Gasteiger charge is 2.24. The van der Waals surface area contributed by atoms with Crippen molar-refractivity contribution in [2.45, 2.75) is 18.3 Å². The monoisotopic (exact) mass is 270 g/mol. The number of sulfone groups is 1. The molecule has 0 fully saturated rings. The Bertz CT molecular complexity index is 663. The van der Waals surface area contributed by atoms with Crippen LogP contribution in [0.5, 0.6) is 0 Å². The second kappa shape index (κ2) is 4.58. The fourth-order valence-corrected chi connectivity index (χ4v) is 2.86. The molecule has 0 saturated heterocycles. The molecule has 2 N–H and O–H groups in total. The zero-order chi connectivity index (χ0) is 13.3. The fourth-order valence-electron chi connectivity index (χ4n) is 1.50. The van der Waals surface area contributed by atoms with Crippen LogP contribution in [0.25, 0.3) is 11.1 Å². The van der Waals surface area contributed by atoms with E-state index in [1.54, 1.807) is 25.1 Å². The van der Waals surface area contributed by atoms with Gasteiger partial charge in [-0.05, 0) is 25.1 Å². The maximum Gasteiger partial charge on any atom is 0.316 e. The molecule has 18 heavy (non-hydrogen) atoms. The van der Waals surface area contributed by atoms with E-state index in [4.69, 9.17) is 14.9 Å². The van der Waals surface area contributed by atoms with E-state index >= 15 is 0 Å². The van der Waals surface area contributed by atoms with Gasteiger partial charge in [-0.25, -0.2) is 8.42 Å². The average Bonchev–Trinajstić information content (AvgIpc) is 2.71. The van der Waals surface area contributed by atoms with Gasteiger partial charge in [0.1, 0.15) is 5.52 Å². The molecule has 0 saturated carbocycles. The number of anilines is 1. The molecule has 0 aliphatic rings. The van der Waals surface area contributed by atoms with Crippen molar-refractivity contribution >= 4 is 26.6 Å². The van der Waals surface area contributed by atoms with Gasteiger partial charge in [0.25, 0.3) is 0 Å². The van der Waals surface area contributed by atoms with Gasteiger partial charge in [0.2, 0.25) is 9.84 Å². The van der Waals surface area contributed by atoms with E-state index in [9.17, 15) is 8.42 Å². The summed E-state index contributed by atoms with van der Waals surface area (Å²) in [5.74, 6) is -0.175. The molecule has 0 aliphatic carbocycles. The Morgan fingerprint density at radius 2 is 2.22 bits per heavy atom. The van der Waals surface area contributed by atoms with Gasteiger partial charge in [-0.3, -0.25) is 0 Å². The van der Waals surface area contributed by atoms with Crippen molar-refractivity contribution in [3.05, 3.63) is 18.2 Å². The normalized spacial score (nSPS) is 13.9. The zero-order valence-corrected chi connectivity index (χ0v) is 10.9. The lowest BCUT2D eigenvalue weighted by Gasteiger charge is -2.06. The van der Waals surface area contributed by atoms with Gasteiger partial charge < -0.3 is 14.9 Å². The van der Waals surface area contributed by atoms with Crippen LogP contribution in [0.15, 0.2) is 27.8 Å². The summed E-state index contributed by atoms with van der Waals surface area (Å²) in [6, 6.07) is 4.79. The first-order chi connectivity index (χ1) is 8.42. The largest absolute Gasteiger partial charge is 0.428 e. The quantitative estimate of drug-likeness (QED) is 0.839. The van der Waals surface area contributed by atoms with E-state index in [0.29, 0.717) is 16.8 Å². The van der Waals surface area contributed by atoms with Crippen LogP contribution in [0.1, 0.15) is 6.92 Å². The Morgan fingerprint density at radius 3 is 2.89 bits per heavy atom. The molecule has 1 heterocycles. The van der Waals surface area contributed by atoms with Crippen molar-refractivity contribution in [2.24, 2.45) is 0 Å². The van der Waals surface area contributed by atoms with Crippen molar-refractivity contribution < 1.29 is 17.6 Å². The fraction of sp³-hybridized carbons (Fsp3) is 0.364. The molecule has 2 rings (SSSR count). The Morgan fingerprint density at radius 1 is 1.50 bits per heavy atom. The smallest absolute Gasteiger partial charge is 0.316 e. The minimum atomic E-state index is -3.59. The third kappa shape index (κ3) is 2.46. The van der Waals surface area contributed by atoms with Gasteiger partial charge in [-0.1, -0.05) is 0 Å². The lowest BCUT2D eigenvalue weighted by Crippen LogP contribution is -2.20. The Balaban J connectivity index is 2.42. The number of benzene rings is 1. The first-order valence-electron chi connectivity index (χ1n) is 5.34. The highest BCUT2D eigenvalue weighted by molar-refractivity contribution is 7.91. The van der Waals surface area contributed by atoms with Crippen LogP contribution in [0, 0.1) is 0 Å². The summed E-state index contributed by atoms with van der Waals surface area (Å²) in [6.07, 6.45) is -0.421. The summed E-state index contributed by atoms with van der Waals surface area (Å²) in [4.78, 5) is 3.94. The van der Waals surface area contributed by atoms with E-state index in [1.165, 1.54) is 7.11 Å². The highest BCUT2D eigenvalue weighted by Crippen LogP contribution is 2.22. The standard InChI is InChI=1S/C11H14N2O4S/c1-7(16-2)6-18(14,15)11-13-9-5-8(12)3-4-10(9)17-11/h3-5,7H,6,12H2,1-2H3. The van der Waals surface area contributed by atoms with Gasteiger partial charge in [-0.2, -0.15) is 4.98 Å². The molecule has 0 radical (unpaired) electrons. The van der Waals surface area contributed by atoms with E-state index in [2.05, 4.69) is 4.98 Å². The summed E-state index contributed by atoms with van der Waals surface area (Å²) >= 11 is 0. The minimum absolute atomic E-state index is 0.175. The van der Waals surface area contributed by atoms with Crippen molar-refractivity contribution in [3.63, 3.8) is 0 Å². The molecule has 0 spiro atoms. The molecule has 2 aromatic rings. The number of nitrogens with zero attached hydrogens (tertiary/aromatic N) is 1. The summed E-state index contributed by atoms with van der Waals surface area (Å²) in [7, 11) is -2.14. The Labute approximate surface area is 105 Å². The molecule has 0 aliphatic heterocycles. The number of hydrogen-bond acceptors (Lipinski definition) is 6. The number of hydrogen-bond donors (Lipinski definition) is 1. The zero-order valence-electron chi connectivity index (χ0n) is 10.1. The Hall–Kier alpha value is -1.60. The third-order valence-electron chi connectivity index (χ3n) is 2.51. The van der Waals surface area contributed by atoms with Crippen molar-refractivity contribution in [1.82, 2.24) is 4.98 Å². The number of aromatic nitrogens is 1. The third-order valence-corrected chi connectivity index (χ3v) is 4.13. The van der Waals surface area contributed by atoms with Gasteiger partial charge in [0.05, 0.1) is 11.9 Å². The minimum Gasteiger partial charge on any atom is -0.428 e. The maximum absolute atomic E-state index is 12.0. The number of methoxy groups -OCH3 is 1. The van der Waals surface area contributed by atoms with Gasteiger partial charge in [0, 0.05) is 12.8 Å². The molecule has 1 atom stereocenters. The molecule has 0 amide bonds. The van der Waals surface area contributed by atoms with Crippen LogP contribution in [-0.4, -0.2) is 32.4 Å². The van der Waals surface area contributed by atoms with Gasteiger partial charge in [-0.15, -0.1) is 0 Å². The molecular weight excluding hydrogens is 256 g/mol. The molecule has 0 bridgehead atoms. The molecule has 1 aromatic heterocycles. The predicted octanol–water partition coefficient (Wildman–Crippen LogP) is 1.22. The van der Waals surface area contributed by atoms with Crippen molar-refractivity contribution in [2.75, 3.05) is 18.6 Å². The molecule has 1 aromatic carbocycles. The van der Waals surface area contributed by atoms with E-state index in [-0.39, 0.29) is 11.0 Å². The number of nitrogens with two attached hydrogens (primary N) is 1. The Kier molecular flexibility index (Phi) is 3.27. The van der Waals surface area contributed by atoms with Crippen LogP contribution in [-0.2, 0) is 14.6 Å². The van der Waals surface area contributed by atoms with E-state index < -0.39 is 15.9 Å². The first kappa shape index (κ1) is 12.8. The highest BCUT2D eigenvalue weighted by atomic mass is 32.2. The van der Waals surface area contributed by atoms with Gasteiger partial charge in [0.15, 0.2) is 5.58 Å². The van der Waals surface area contributed by atoms with Crippen molar-refractivity contribution in [3.8, 4) is 0 Å². The average molecular weight is 270 g/mol. The summed E-state index contributed by atoms with van der Waals surface area (Å²) in [5, 5.41) is -0.299. The molecule has 98 valence electrons. The topological polar surface area (TPSA) is 95.4 Å². The van der Waals surface area contributed by atoms with E-state index in [0.717, 1.165) is 0 Å². The van der Waals surface area contributed by atoms with Crippen LogP contribution >= 0.6 is 0 Å². The maximum atomic E-state index is 12.0. The number of rotatable bonds is 4. The number of nitrogen functional groups attached to an aromatic ring is 1. The second-order valence-corrected chi connectivity index (χ2v) is 5.95. The molecule has 6 nitrogen and oxygen atoms in total. The molecule has 1 unspecified atom stereocenters. The van der Waals surface area contributed by atoms with Crippen LogP contribution < -0.4 is 5.73 Å². The summed E-state index contributed by atoms with van der Waals surface area (Å²) < 4.78 is 34.1. The lowest BCUT2D eigenvalue weighted by molar-refractivity contribution is 0.136. The van der Waals surface area contributed by atoms with E-state index in [1.807, 2.05) is 0 Å². The van der Waals surface area contributed by atoms with Crippen LogP contribution in [0.4, 0.5) is 5.69 Å². The lowest BCUT2D eigenvalue weighted by atomic mass is 10.3. The summed E-state index contributed by atoms with van der Waals surface area (Å²) in [5.41, 5.74) is 6.92.